The average molecular weight is 364 g/mol. The minimum Gasteiger partial charge on any atom is -0.487 e. The van der Waals surface area contributed by atoms with Gasteiger partial charge in [0.1, 0.15) is 23.5 Å². The van der Waals surface area contributed by atoms with Crippen LogP contribution in [0.5, 0.6) is 5.75 Å². The van der Waals surface area contributed by atoms with Gasteiger partial charge < -0.3 is 9.47 Å². The van der Waals surface area contributed by atoms with Crippen molar-refractivity contribution in [3.63, 3.8) is 0 Å². The zero-order valence-corrected chi connectivity index (χ0v) is 15.6. The van der Waals surface area contributed by atoms with Gasteiger partial charge in [-0.2, -0.15) is 5.26 Å². The largest absolute Gasteiger partial charge is 0.487 e. The Kier molecular flexibility index (Phi) is 6.00. The molecular formula is C21H20N2O2S. The van der Waals surface area contributed by atoms with Gasteiger partial charge in [0.15, 0.2) is 0 Å². The van der Waals surface area contributed by atoms with E-state index in [4.69, 9.17) is 14.7 Å². The summed E-state index contributed by atoms with van der Waals surface area (Å²) in [6.45, 7) is 5.11. The third-order valence-corrected chi connectivity index (χ3v) is 4.98. The topological polar surface area (TPSA) is 55.1 Å². The van der Waals surface area contributed by atoms with Gasteiger partial charge in [-0.3, -0.25) is 0 Å². The molecule has 0 aliphatic heterocycles. The number of hydrogen-bond acceptors (Lipinski definition) is 5. The van der Waals surface area contributed by atoms with Crippen molar-refractivity contribution in [2.45, 2.75) is 26.6 Å². The lowest BCUT2D eigenvalue weighted by Crippen LogP contribution is -2.00. The van der Waals surface area contributed by atoms with Gasteiger partial charge >= 0.3 is 0 Å². The van der Waals surface area contributed by atoms with Crippen LogP contribution in [0.1, 0.15) is 36.2 Å². The maximum absolute atomic E-state index is 8.87. The summed E-state index contributed by atoms with van der Waals surface area (Å²) in [5.74, 6) is 0.801. The fraction of sp³-hybridized carbons (Fsp3) is 0.238. The van der Waals surface area contributed by atoms with Crippen molar-refractivity contribution in [3.05, 3.63) is 70.2 Å². The summed E-state index contributed by atoms with van der Waals surface area (Å²) in [6, 6.07) is 17.6. The maximum atomic E-state index is 8.87. The molecule has 4 nitrogen and oxygen atoms in total. The summed E-state index contributed by atoms with van der Waals surface area (Å²) >= 11 is 1.60. The molecule has 5 heteroatoms. The summed E-state index contributed by atoms with van der Waals surface area (Å²) < 4.78 is 11.4. The van der Waals surface area contributed by atoms with Crippen molar-refractivity contribution in [3.8, 4) is 22.9 Å². The summed E-state index contributed by atoms with van der Waals surface area (Å²) in [5.41, 5.74) is 3.73. The van der Waals surface area contributed by atoms with E-state index in [1.807, 2.05) is 67.8 Å². The average Bonchev–Trinajstić information content (AvgIpc) is 3.16. The molecule has 0 aliphatic carbocycles. The first-order valence-corrected chi connectivity index (χ1v) is 9.37. The van der Waals surface area contributed by atoms with E-state index in [1.165, 1.54) is 0 Å². The predicted octanol–water partition coefficient (Wildman–Crippen LogP) is 5.36. The molecule has 26 heavy (non-hydrogen) atoms. The van der Waals surface area contributed by atoms with Crippen LogP contribution in [-0.2, 0) is 11.3 Å². The highest BCUT2D eigenvalue weighted by Gasteiger charge is 2.10. The molecule has 1 unspecified atom stereocenters. The molecule has 0 radical (unpaired) electrons. The molecule has 0 bridgehead atoms. The molecule has 0 saturated heterocycles. The van der Waals surface area contributed by atoms with Crippen molar-refractivity contribution in [1.29, 1.82) is 5.26 Å². The minimum atomic E-state index is 0.0189. The van der Waals surface area contributed by atoms with Crippen molar-refractivity contribution >= 4 is 11.3 Å². The van der Waals surface area contributed by atoms with Crippen LogP contribution in [0.15, 0.2) is 53.9 Å². The number of nitrogens with zero attached hydrogens (tertiary/aromatic N) is 2. The Morgan fingerprint density at radius 1 is 1.08 bits per heavy atom. The van der Waals surface area contributed by atoms with Crippen LogP contribution in [0, 0.1) is 11.3 Å². The second-order valence-corrected chi connectivity index (χ2v) is 6.67. The Balaban J connectivity index is 1.60. The van der Waals surface area contributed by atoms with E-state index in [1.54, 1.807) is 11.3 Å². The van der Waals surface area contributed by atoms with Crippen molar-refractivity contribution in [2.75, 3.05) is 6.61 Å². The van der Waals surface area contributed by atoms with Crippen LogP contribution < -0.4 is 4.74 Å². The van der Waals surface area contributed by atoms with Gasteiger partial charge in [0.25, 0.3) is 0 Å². The monoisotopic (exact) mass is 364 g/mol. The Morgan fingerprint density at radius 2 is 1.73 bits per heavy atom. The first kappa shape index (κ1) is 18.1. The summed E-state index contributed by atoms with van der Waals surface area (Å²) in [4.78, 5) is 4.57. The normalized spacial score (nSPS) is 11.7. The van der Waals surface area contributed by atoms with Crippen LogP contribution in [0.25, 0.3) is 11.1 Å². The van der Waals surface area contributed by atoms with E-state index in [2.05, 4.69) is 11.1 Å². The molecule has 1 atom stereocenters. The van der Waals surface area contributed by atoms with E-state index in [-0.39, 0.29) is 6.10 Å². The number of thiazole rings is 1. The van der Waals surface area contributed by atoms with E-state index in [0.717, 1.165) is 27.6 Å². The van der Waals surface area contributed by atoms with Crippen LogP contribution in [0.4, 0.5) is 0 Å². The first-order chi connectivity index (χ1) is 12.7. The second kappa shape index (κ2) is 8.61. The van der Waals surface area contributed by atoms with Gasteiger partial charge in [0, 0.05) is 12.0 Å². The zero-order valence-electron chi connectivity index (χ0n) is 14.8. The van der Waals surface area contributed by atoms with Crippen LogP contribution in [0.2, 0.25) is 0 Å². The van der Waals surface area contributed by atoms with Crippen LogP contribution in [0.3, 0.4) is 0 Å². The molecule has 132 valence electrons. The summed E-state index contributed by atoms with van der Waals surface area (Å²) in [6.07, 6.45) is 0.0189. The molecule has 0 spiro atoms. The van der Waals surface area contributed by atoms with Crippen LogP contribution >= 0.6 is 11.3 Å². The lowest BCUT2D eigenvalue weighted by Gasteiger charge is -2.08. The Morgan fingerprint density at radius 3 is 2.35 bits per heavy atom. The van der Waals surface area contributed by atoms with Gasteiger partial charge in [-0.1, -0.05) is 24.3 Å². The minimum absolute atomic E-state index is 0.0189. The molecule has 0 saturated carbocycles. The Bertz CT molecular complexity index is 880. The third-order valence-electron chi connectivity index (χ3n) is 3.92. The molecular weight excluding hydrogens is 344 g/mol. The zero-order chi connectivity index (χ0) is 18.4. The van der Waals surface area contributed by atoms with Crippen molar-refractivity contribution < 1.29 is 9.47 Å². The van der Waals surface area contributed by atoms with Crippen LogP contribution in [-0.4, -0.2) is 11.6 Å². The SMILES string of the molecule is CCOC(C)c1nc(COc2ccc(-c3ccc(C#N)cc3)cc2)cs1. The quantitative estimate of drug-likeness (QED) is 0.566. The highest BCUT2D eigenvalue weighted by atomic mass is 32.1. The molecule has 0 fully saturated rings. The smallest absolute Gasteiger partial charge is 0.131 e. The molecule has 2 aromatic carbocycles. The van der Waals surface area contributed by atoms with E-state index < -0.39 is 0 Å². The van der Waals surface area contributed by atoms with Gasteiger partial charge in [-0.25, -0.2) is 4.98 Å². The van der Waals surface area contributed by atoms with Gasteiger partial charge in [-0.15, -0.1) is 11.3 Å². The number of nitriles is 1. The van der Waals surface area contributed by atoms with Gasteiger partial charge in [0.05, 0.1) is 17.3 Å². The molecule has 0 amide bonds. The number of hydrogen-bond donors (Lipinski definition) is 0. The number of ether oxygens (including phenoxy) is 2. The third kappa shape index (κ3) is 4.48. The second-order valence-electron chi connectivity index (χ2n) is 5.78. The standard InChI is InChI=1S/C21H20N2O2S/c1-3-24-15(2)21-23-19(14-26-21)13-25-20-10-8-18(9-11-20)17-6-4-16(12-22)5-7-17/h4-11,14-15H,3,13H2,1-2H3. The van der Waals surface area contributed by atoms with Crippen molar-refractivity contribution in [1.82, 2.24) is 4.98 Å². The van der Waals surface area contributed by atoms with Crippen molar-refractivity contribution in [2.24, 2.45) is 0 Å². The number of benzene rings is 2. The lowest BCUT2D eigenvalue weighted by molar-refractivity contribution is 0.0760. The predicted molar refractivity (Wildman–Crippen MR) is 103 cm³/mol. The number of rotatable bonds is 7. The van der Waals surface area contributed by atoms with E-state index in [0.29, 0.717) is 18.8 Å². The van der Waals surface area contributed by atoms with Gasteiger partial charge in [0.2, 0.25) is 0 Å². The Hall–Kier alpha value is -2.68. The molecule has 1 heterocycles. The fourth-order valence-electron chi connectivity index (χ4n) is 2.54. The summed E-state index contributed by atoms with van der Waals surface area (Å²) in [7, 11) is 0. The molecule has 3 rings (SSSR count). The molecule has 0 N–H and O–H groups in total. The first-order valence-electron chi connectivity index (χ1n) is 8.49. The summed E-state index contributed by atoms with van der Waals surface area (Å²) in [5, 5.41) is 11.9. The molecule has 3 aromatic rings. The Labute approximate surface area is 157 Å². The highest BCUT2D eigenvalue weighted by molar-refractivity contribution is 7.09. The lowest BCUT2D eigenvalue weighted by atomic mass is 10.0. The van der Waals surface area contributed by atoms with Gasteiger partial charge in [-0.05, 0) is 49.2 Å². The maximum Gasteiger partial charge on any atom is 0.131 e. The fourth-order valence-corrected chi connectivity index (χ4v) is 3.34. The molecule has 0 aliphatic rings. The van der Waals surface area contributed by atoms with E-state index >= 15 is 0 Å². The highest BCUT2D eigenvalue weighted by Crippen LogP contribution is 2.24. The molecule has 1 aromatic heterocycles. The number of aromatic nitrogens is 1. The van der Waals surface area contributed by atoms with E-state index in [9.17, 15) is 0 Å².